The van der Waals surface area contributed by atoms with E-state index in [4.69, 9.17) is 21.1 Å². The van der Waals surface area contributed by atoms with Crippen molar-refractivity contribution in [1.82, 2.24) is 5.32 Å². The zero-order valence-corrected chi connectivity index (χ0v) is 12.4. The molecule has 2 unspecified atom stereocenters. The maximum atomic E-state index is 11.9. The lowest BCUT2D eigenvalue weighted by Crippen LogP contribution is -2.38. The Bertz CT molecular complexity index is 446. The first-order valence-corrected chi connectivity index (χ1v) is 7.35. The third kappa shape index (κ3) is 4.12. The van der Waals surface area contributed by atoms with Gasteiger partial charge in [0.25, 0.3) is 0 Å². The zero-order chi connectivity index (χ0) is 14.4. The lowest BCUT2D eigenvalue weighted by molar-refractivity contribution is -0.125. The van der Waals surface area contributed by atoms with E-state index in [2.05, 4.69) is 5.32 Å². The second-order valence-corrected chi connectivity index (χ2v) is 5.29. The molecule has 4 nitrogen and oxygen atoms in total. The Balaban J connectivity index is 1.83. The summed E-state index contributed by atoms with van der Waals surface area (Å²) >= 11 is 6.06. The lowest BCUT2D eigenvalue weighted by atomic mass is 10.1. The predicted molar refractivity (Wildman–Crippen MR) is 78.1 cm³/mol. The largest absolute Gasteiger partial charge is 0.487 e. The maximum Gasteiger partial charge on any atom is 0.225 e. The quantitative estimate of drug-likeness (QED) is 0.878. The summed E-state index contributed by atoms with van der Waals surface area (Å²) in [7, 11) is 0. The summed E-state index contributed by atoms with van der Waals surface area (Å²) in [6.45, 7) is 3.70. The van der Waals surface area contributed by atoms with Gasteiger partial charge in [-0.1, -0.05) is 30.7 Å². The Hall–Kier alpha value is -1.26. The van der Waals surface area contributed by atoms with Crippen LogP contribution in [0.15, 0.2) is 24.3 Å². The van der Waals surface area contributed by atoms with Gasteiger partial charge in [0, 0.05) is 6.61 Å². The SMILES string of the molecule is CCC(CNC(=O)C1CCOC1)Oc1ccccc1Cl. The highest BCUT2D eigenvalue weighted by Gasteiger charge is 2.24. The molecule has 2 rings (SSSR count). The summed E-state index contributed by atoms with van der Waals surface area (Å²) in [6, 6.07) is 7.36. The maximum absolute atomic E-state index is 11.9. The molecule has 1 aromatic rings. The molecule has 0 aliphatic carbocycles. The van der Waals surface area contributed by atoms with Gasteiger partial charge in [0.05, 0.1) is 24.1 Å². The van der Waals surface area contributed by atoms with E-state index in [1.165, 1.54) is 0 Å². The fraction of sp³-hybridized carbons (Fsp3) is 0.533. The molecule has 110 valence electrons. The molecule has 0 saturated carbocycles. The van der Waals surface area contributed by atoms with Crippen LogP contribution in [-0.4, -0.2) is 31.8 Å². The fourth-order valence-corrected chi connectivity index (χ4v) is 2.27. The molecule has 1 heterocycles. The monoisotopic (exact) mass is 297 g/mol. The van der Waals surface area contributed by atoms with E-state index < -0.39 is 0 Å². The normalized spacial score (nSPS) is 19.6. The second-order valence-electron chi connectivity index (χ2n) is 4.88. The van der Waals surface area contributed by atoms with Crippen LogP contribution in [0.5, 0.6) is 5.75 Å². The van der Waals surface area contributed by atoms with Crippen LogP contribution in [0.2, 0.25) is 5.02 Å². The van der Waals surface area contributed by atoms with Crippen LogP contribution >= 0.6 is 11.6 Å². The van der Waals surface area contributed by atoms with Crippen molar-refractivity contribution in [3.05, 3.63) is 29.3 Å². The van der Waals surface area contributed by atoms with Crippen LogP contribution in [0.25, 0.3) is 0 Å². The van der Waals surface area contributed by atoms with Crippen molar-refractivity contribution in [2.75, 3.05) is 19.8 Å². The Morgan fingerprint density at radius 2 is 2.35 bits per heavy atom. The van der Waals surface area contributed by atoms with Gasteiger partial charge in [0.2, 0.25) is 5.91 Å². The van der Waals surface area contributed by atoms with Crippen molar-refractivity contribution in [2.45, 2.75) is 25.9 Å². The van der Waals surface area contributed by atoms with Crippen molar-refractivity contribution in [2.24, 2.45) is 5.92 Å². The molecule has 1 N–H and O–H groups in total. The molecule has 1 aliphatic rings. The topological polar surface area (TPSA) is 47.6 Å². The molecule has 0 radical (unpaired) electrons. The van der Waals surface area contributed by atoms with Gasteiger partial charge in [-0.2, -0.15) is 0 Å². The number of para-hydroxylation sites is 1. The average molecular weight is 298 g/mol. The molecule has 1 aliphatic heterocycles. The summed E-state index contributed by atoms with van der Waals surface area (Å²) < 4.78 is 11.0. The number of hydrogen-bond donors (Lipinski definition) is 1. The number of halogens is 1. The van der Waals surface area contributed by atoms with E-state index in [1.54, 1.807) is 6.07 Å². The lowest BCUT2D eigenvalue weighted by Gasteiger charge is -2.19. The number of carbonyl (C=O) groups is 1. The van der Waals surface area contributed by atoms with Crippen LogP contribution in [0.3, 0.4) is 0 Å². The van der Waals surface area contributed by atoms with E-state index in [1.807, 2.05) is 25.1 Å². The van der Waals surface area contributed by atoms with E-state index in [0.29, 0.717) is 30.5 Å². The van der Waals surface area contributed by atoms with E-state index in [-0.39, 0.29) is 17.9 Å². The second kappa shape index (κ2) is 7.50. The molecule has 0 spiro atoms. The molecule has 1 saturated heterocycles. The van der Waals surface area contributed by atoms with Crippen LogP contribution in [0, 0.1) is 5.92 Å². The number of ether oxygens (including phenoxy) is 2. The molecule has 1 fully saturated rings. The Labute approximate surface area is 124 Å². The highest BCUT2D eigenvalue weighted by molar-refractivity contribution is 6.32. The molecule has 20 heavy (non-hydrogen) atoms. The zero-order valence-electron chi connectivity index (χ0n) is 11.6. The first-order valence-electron chi connectivity index (χ1n) is 6.97. The average Bonchev–Trinajstić information content (AvgIpc) is 2.99. The molecule has 1 aromatic carbocycles. The van der Waals surface area contributed by atoms with Crippen LogP contribution in [0.1, 0.15) is 19.8 Å². The minimum absolute atomic E-state index is 0.0205. The number of amides is 1. The number of benzene rings is 1. The first kappa shape index (κ1) is 15.1. The minimum Gasteiger partial charge on any atom is -0.487 e. The number of rotatable bonds is 6. The third-order valence-corrected chi connectivity index (χ3v) is 3.70. The van der Waals surface area contributed by atoms with Gasteiger partial charge in [-0.25, -0.2) is 0 Å². The molecular weight excluding hydrogens is 278 g/mol. The molecule has 5 heteroatoms. The Morgan fingerprint density at radius 3 is 3.00 bits per heavy atom. The summed E-state index contributed by atoms with van der Waals surface area (Å²) in [4.78, 5) is 11.9. The number of nitrogens with one attached hydrogen (secondary N) is 1. The smallest absolute Gasteiger partial charge is 0.225 e. The summed E-state index contributed by atoms with van der Waals surface area (Å²) in [5.41, 5.74) is 0. The van der Waals surface area contributed by atoms with Crippen molar-refractivity contribution < 1.29 is 14.3 Å². The molecule has 2 atom stereocenters. The molecule has 0 bridgehead atoms. The van der Waals surface area contributed by atoms with Gasteiger partial charge < -0.3 is 14.8 Å². The highest BCUT2D eigenvalue weighted by Crippen LogP contribution is 2.24. The molecular formula is C15H20ClNO3. The van der Waals surface area contributed by atoms with E-state index in [9.17, 15) is 4.79 Å². The molecule has 0 aromatic heterocycles. The van der Waals surface area contributed by atoms with E-state index >= 15 is 0 Å². The van der Waals surface area contributed by atoms with Crippen molar-refractivity contribution in [1.29, 1.82) is 0 Å². The molecule has 1 amide bonds. The number of carbonyl (C=O) groups excluding carboxylic acids is 1. The van der Waals surface area contributed by atoms with Gasteiger partial charge in [-0.15, -0.1) is 0 Å². The van der Waals surface area contributed by atoms with Gasteiger partial charge in [0.1, 0.15) is 11.9 Å². The van der Waals surface area contributed by atoms with Crippen LogP contribution < -0.4 is 10.1 Å². The predicted octanol–water partition coefficient (Wildman–Crippen LogP) is 2.65. The van der Waals surface area contributed by atoms with Gasteiger partial charge in [-0.05, 0) is 25.0 Å². The van der Waals surface area contributed by atoms with Crippen molar-refractivity contribution in [3.8, 4) is 5.75 Å². The minimum atomic E-state index is -0.0822. The summed E-state index contributed by atoms with van der Waals surface area (Å²) in [5.74, 6) is 0.677. The fourth-order valence-electron chi connectivity index (χ4n) is 2.09. The Kier molecular flexibility index (Phi) is 5.68. The Morgan fingerprint density at radius 1 is 1.55 bits per heavy atom. The van der Waals surface area contributed by atoms with Crippen LogP contribution in [0.4, 0.5) is 0 Å². The summed E-state index contributed by atoms with van der Waals surface area (Å²) in [5, 5.41) is 3.51. The van der Waals surface area contributed by atoms with Crippen molar-refractivity contribution in [3.63, 3.8) is 0 Å². The van der Waals surface area contributed by atoms with Gasteiger partial charge >= 0.3 is 0 Å². The van der Waals surface area contributed by atoms with Crippen LogP contribution in [-0.2, 0) is 9.53 Å². The van der Waals surface area contributed by atoms with E-state index in [0.717, 1.165) is 12.8 Å². The van der Waals surface area contributed by atoms with Crippen molar-refractivity contribution >= 4 is 17.5 Å². The highest BCUT2D eigenvalue weighted by atomic mass is 35.5. The first-order chi connectivity index (χ1) is 9.70. The number of hydrogen-bond acceptors (Lipinski definition) is 3. The van der Waals surface area contributed by atoms with Gasteiger partial charge in [-0.3, -0.25) is 4.79 Å². The summed E-state index contributed by atoms with van der Waals surface area (Å²) in [6.07, 6.45) is 1.52. The third-order valence-electron chi connectivity index (χ3n) is 3.39. The standard InChI is InChI=1S/C15H20ClNO3/c1-2-12(20-14-6-4-3-5-13(14)16)9-17-15(18)11-7-8-19-10-11/h3-6,11-12H,2,7-10H2,1H3,(H,17,18). The van der Waals surface area contributed by atoms with Gasteiger partial charge in [0.15, 0.2) is 0 Å².